The maximum atomic E-state index is 13.4. The minimum atomic E-state index is -0.967. The zero-order chi connectivity index (χ0) is 13.4. The molecule has 4 nitrogen and oxygen atoms in total. The molecule has 0 bridgehead atoms. The first-order chi connectivity index (χ1) is 8.65. The van der Waals surface area contributed by atoms with E-state index in [1.807, 2.05) is 0 Å². The predicted octanol–water partition coefficient (Wildman–Crippen LogP) is 1.47. The molecule has 0 aliphatic heterocycles. The molecule has 1 rings (SSSR count). The number of hydrogen-bond acceptors (Lipinski definition) is 3. The summed E-state index contributed by atoms with van der Waals surface area (Å²) in [6, 6.07) is 6.15. The summed E-state index contributed by atoms with van der Waals surface area (Å²) in [6.45, 7) is 0.336. The molecule has 0 spiro atoms. The van der Waals surface area contributed by atoms with Gasteiger partial charge in [0, 0.05) is 6.61 Å². The molecule has 0 aliphatic carbocycles. The van der Waals surface area contributed by atoms with Crippen LogP contribution in [-0.2, 0) is 16.0 Å². The monoisotopic (exact) mass is 256 g/mol. The third kappa shape index (κ3) is 4.81. The van der Waals surface area contributed by atoms with Gasteiger partial charge >= 0.3 is 5.97 Å². The highest BCUT2D eigenvalue weighted by atomic mass is 19.1. The van der Waals surface area contributed by atoms with Crippen molar-refractivity contribution >= 4 is 5.97 Å². The highest BCUT2D eigenvalue weighted by Gasteiger charge is 2.19. The van der Waals surface area contributed by atoms with Crippen LogP contribution in [0.15, 0.2) is 24.3 Å². The summed E-state index contributed by atoms with van der Waals surface area (Å²) in [5.41, 5.74) is 0.395. The summed E-state index contributed by atoms with van der Waals surface area (Å²) in [6.07, 6.45) is 0.439. The second-order valence-electron chi connectivity index (χ2n) is 3.96. The molecule has 1 aromatic rings. The van der Waals surface area contributed by atoms with Crippen LogP contribution in [0.5, 0.6) is 0 Å². The molecule has 0 saturated heterocycles. The van der Waals surface area contributed by atoms with Gasteiger partial charge in [-0.1, -0.05) is 18.2 Å². The number of rotatable bonds is 8. The first kappa shape index (κ1) is 14.6. The second kappa shape index (κ2) is 7.79. The van der Waals surface area contributed by atoms with Crippen LogP contribution in [0.2, 0.25) is 0 Å². The molecule has 0 fully saturated rings. The average Bonchev–Trinajstić information content (AvgIpc) is 2.35. The Labute approximate surface area is 105 Å². The topological polar surface area (TPSA) is 66.8 Å². The summed E-state index contributed by atoms with van der Waals surface area (Å²) in [7, 11) is 0. The Balaban J connectivity index is 2.53. The number of aliphatic carboxylic acids is 1. The molecule has 2 N–H and O–H groups in total. The van der Waals surface area contributed by atoms with Crippen LogP contribution >= 0.6 is 0 Å². The average molecular weight is 256 g/mol. The van der Waals surface area contributed by atoms with Gasteiger partial charge in [-0.3, -0.25) is 4.79 Å². The third-order valence-corrected chi connectivity index (χ3v) is 2.62. The molecule has 100 valence electrons. The number of aliphatic hydroxyl groups excluding tert-OH is 1. The SMILES string of the molecule is O=C(O)C(CCOCCO)Cc1ccccc1F. The van der Waals surface area contributed by atoms with Crippen LogP contribution in [0.1, 0.15) is 12.0 Å². The summed E-state index contributed by atoms with van der Waals surface area (Å²) in [4.78, 5) is 11.1. The van der Waals surface area contributed by atoms with E-state index in [2.05, 4.69) is 0 Å². The fourth-order valence-corrected chi connectivity index (χ4v) is 1.63. The lowest BCUT2D eigenvalue weighted by molar-refractivity contribution is -0.142. The number of carboxylic acid groups (broad SMARTS) is 1. The Kier molecular flexibility index (Phi) is 6.32. The number of benzene rings is 1. The number of aliphatic hydroxyl groups is 1. The quantitative estimate of drug-likeness (QED) is 0.691. The highest BCUT2D eigenvalue weighted by molar-refractivity contribution is 5.70. The zero-order valence-corrected chi connectivity index (χ0v) is 10.0. The zero-order valence-electron chi connectivity index (χ0n) is 10.0. The van der Waals surface area contributed by atoms with Gasteiger partial charge in [-0.2, -0.15) is 0 Å². The Morgan fingerprint density at radius 2 is 2.06 bits per heavy atom. The van der Waals surface area contributed by atoms with E-state index in [9.17, 15) is 9.18 Å². The van der Waals surface area contributed by atoms with Gasteiger partial charge in [-0.25, -0.2) is 4.39 Å². The lowest BCUT2D eigenvalue weighted by atomic mass is 9.96. The van der Waals surface area contributed by atoms with Crippen LogP contribution in [0.25, 0.3) is 0 Å². The van der Waals surface area contributed by atoms with Crippen LogP contribution in [0.3, 0.4) is 0 Å². The van der Waals surface area contributed by atoms with Crippen molar-refractivity contribution in [2.24, 2.45) is 5.92 Å². The fourth-order valence-electron chi connectivity index (χ4n) is 1.63. The van der Waals surface area contributed by atoms with E-state index in [1.54, 1.807) is 18.2 Å². The van der Waals surface area contributed by atoms with E-state index in [4.69, 9.17) is 14.9 Å². The lowest BCUT2D eigenvalue weighted by Crippen LogP contribution is -2.19. The molecular formula is C13H17FO4. The van der Waals surface area contributed by atoms with Crippen LogP contribution in [0, 0.1) is 11.7 Å². The molecule has 1 unspecified atom stereocenters. The number of carbonyl (C=O) groups is 1. The van der Waals surface area contributed by atoms with Gasteiger partial charge in [-0.05, 0) is 24.5 Å². The second-order valence-corrected chi connectivity index (χ2v) is 3.96. The van der Waals surface area contributed by atoms with Crippen molar-refractivity contribution in [3.05, 3.63) is 35.6 Å². The van der Waals surface area contributed by atoms with Gasteiger partial charge in [0.2, 0.25) is 0 Å². The van der Waals surface area contributed by atoms with Crippen molar-refractivity contribution in [1.82, 2.24) is 0 Å². The Bertz CT molecular complexity index is 381. The fraction of sp³-hybridized carbons (Fsp3) is 0.462. The number of halogens is 1. The number of ether oxygens (including phenoxy) is 1. The van der Waals surface area contributed by atoms with Gasteiger partial charge in [0.1, 0.15) is 5.82 Å². The summed E-state index contributed by atoms with van der Waals surface area (Å²) in [5, 5.41) is 17.6. The molecule has 0 amide bonds. The minimum absolute atomic E-state index is 0.0922. The Morgan fingerprint density at radius 1 is 1.33 bits per heavy atom. The van der Waals surface area contributed by atoms with Crippen molar-refractivity contribution in [1.29, 1.82) is 0 Å². The number of carboxylic acids is 1. The van der Waals surface area contributed by atoms with E-state index in [-0.39, 0.29) is 32.1 Å². The van der Waals surface area contributed by atoms with Crippen molar-refractivity contribution in [3.63, 3.8) is 0 Å². The summed E-state index contributed by atoms with van der Waals surface area (Å²) < 4.78 is 18.4. The normalized spacial score (nSPS) is 12.3. The first-order valence-electron chi connectivity index (χ1n) is 5.80. The summed E-state index contributed by atoms with van der Waals surface area (Å²) >= 11 is 0. The van der Waals surface area contributed by atoms with Gasteiger partial charge in [0.05, 0.1) is 19.1 Å². The van der Waals surface area contributed by atoms with Crippen LogP contribution in [-0.4, -0.2) is 36.0 Å². The van der Waals surface area contributed by atoms with E-state index in [0.717, 1.165) is 0 Å². The molecule has 0 aromatic heterocycles. The molecular weight excluding hydrogens is 239 g/mol. The maximum absolute atomic E-state index is 13.4. The van der Waals surface area contributed by atoms with Gasteiger partial charge in [0.15, 0.2) is 0 Å². The van der Waals surface area contributed by atoms with E-state index < -0.39 is 11.9 Å². The third-order valence-electron chi connectivity index (χ3n) is 2.62. The van der Waals surface area contributed by atoms with Crippen LogP contribution < -0.4 is 0 Å². The molecule has 1 aromatic carbocycles. The molecule has 0 radical (unpaired) electrons. The van der Waals surface area contributed by atoms with Gasteiger partial charge in [-0.15, -0.1) is 0 Å². The van der Waals surface area contributed by atoms with E-state index in [0.29, 0.717) is 12.0 Å². The smallest absolute Gasteiger partial charge is 0.306 e. The van der Waals surface area contributed by atoms with Crippen molar-refractivity contribution in [2.45, 2.75) is 12.8 Å². The minimum Gasteiger partial charge on any atom is -0.481 e. The molecule has 18 heavy (non-hydrogen) atoms. The first-order valence-corrected chi connectivity index (χ1v) is 5.80. The predicted molar refractivity (Wildman–Crippen MR) is 63.8 cm³/mol. The van der Waals surface area contributed by atoms with Crippen LogP contribution in [0.4, 0.5) is 4.39 Å². The maximum Gasteiger partial charge on any atom is 0.306 e. The van der Waals surface area contributed by atoms with Gasteiger partial charge in [0.25, 0.3) is 0 Å². The largest absolute Gasteiger partial charge is 0.481 e. The molecule has 1 atom stereocenters. The Hall–Kier alpha value is -1.46. The summed E-state index contributed by atoms with van der Waals surface area (Å²) in [5.74, 6) is -2.04. The molecule has 0 heterocycles. The van der Waals surface area contributed by atoms with Gasteiger partial charge < -0.3 is 14.9 Å². The van der Waals surface area contributed by atoms with Crippen molar-refractivity contribution in [2.75, 3.05) is 19.8 Å². The van der Waals surface area contributed by atoms with E-state index in [1.165, 1.54) is 6.07 Å². The number of hydrogen-bond donors (Lipinski definition) is 2. The molecule has 0 aliphatic rings. The lowest BCUT2D eigenvalue weighted by Gasteiger charge is -2.12. The highest BCUT2D eigenvalue weighted by Crippen LogP contribution is 2.15. The molecule has 0 saturated carbocycles. The standard InChI is InChI=1S/C13H17FO4/c14-12-4-2-1-3-10(12)9-11(13(16)17)5-7-18-8-6-15/h1-4,11,15H,5-9H2,(H,16,17). The van der Waals surface area contributed by atoms with Crippen molar-refractivity contribution < 1.29 is 24.1 Å². The molecule has 5 heteroatoms. The van der Waals surface area contributed by atoms with Crippen molar-refractivity contribution in [3.8, 4) is 0 Å². The van der Waals surface area contributed by atoms with E-state index >= 15 is 0 Å². The Morgan fingerprint density at radius 3 is 2.67 bits per heavy atom.